The molecule has 44 heavy (non-hydrogen) atoms. The summed E-state index contributed by atoms with van der Waals surface area (Å²) in [5, 5.41) is 2.58. The van der Waals surface area contributed by atoms with Crippen molar-refractivity contribution in [3.05, 3.63) is 127 Å². The van der Waals surface area contributed by atoms with Gasteiger partial charge in [0, 0.05) is 40.8 Å². The number of rotatable bonds is 10. The maximum absolute atomic E-state index is 5.00. The second-order valence-electron chi connectivity index (χ2n) is 12.4. The maximum Gasteiger partial charge on any atom is 0.0950 e. The largest absolute Gasteiger partial charge is 0.355 e. The fourth-order valence-corrected chi connectivity index (χ4v) is 7.37. The predicted octanol–water partition coefficient (Wildman–Crippen LogP) is 10.4. The van der Waals surface area contributed by atoms with E-state index < -0.39 is 0 Å². The van der Waals surface area contributed by atoms with Crippen LogP contribution in [0.3, 0.4) is 0 Å². The summed E-state index contributed by atoms with van der Waals surface area (Å²) in [6.45, 7) is 5.43. The van der Waals surface area contributed by atoms with Crippen LogP contribution in [0, 0.1) is 0 Å². The normalized spacial score (nSPS) is 13.2. The first-order valence-corrected chi connectivity index (χ1v) is 16.3. The zero-order valence-electron chi connectivity index (χ0n) is 26.2. The van der Waals surface area contributed by atoms with Gasteiger partial charge in [0.25, 0.3) is 0 Å². The highest BCUT2D eigenvalue weighted by molar-refractivity contribution is 6.09. The Morgan fingerprint density at radius 1 is 0.659 bits per heavy atom. The highest BCUT2D eigenvalue weighted by Gasteiger charge is 2.35. The topological polar surface area (TPSA) is 24.3 Å². The molecule has 2 aromatic heterocycles. The lowest BCUT2D eigenvalue weighted by molar-refractivity contribution is 0.396. The van der Waals surface area contributed by atoms with Crippen molar-refractivity contribution < 1.29 is 0 Å². The average molecular weight is 579 g/mol. The van der Waals surface area contributed by atoms with Gasteiger partial charge in [0.05, 0.1) is 34.8 Å². The third-order valence-electron chi connectivity index (χ3n) is 9.63. The van der Waals surface area contributed by atoms with Crippen molar-refractivity contribution in [1.82, 2.24) is 9.55 Å². The molecule has 4 nitrogen and oxygen atoms in total. The van der Waals surface area contributed by atoms with Crippen molar-refractivity contribution in [3.63, 3.8) is 0 Å². The lowest BCUT2D eigenvalue weighted by Crippen LogP contribution is -2.29. The van der Waals surface area contributed by atoms with Crippen LogP contribution in [0.4, 0.5) is 17.1 Å². The van der Waals surface area contributed by atoms with E-state index in [2.05, 4.69) is 138 Å². The monoisotopic (exact) mass is 578 g/mol. The second-order valence-corrected chi connectivity index (χ2v) is 12.4. The van der Waals surface area contributed by atoms with Gasteiger partial charge in [0.1, 0.15) is 0 Å². The Hall–Kier alpha value is -4.57. The molecular formula is C40H42N4. The van der Waals surface area contributed by atoms with Gasteiger partial charge in [-0.1, -0.05) is 94.1 Å². The zero-order valence-corrected chi connectivity index (χ0v) is 26.2. The molecular weight excluding hydrogens is 536 g/mol. The third kappa shape index (κ3) is 4.73. The number of pyridine rings is 1. The van der Waals surface area contributed by atoms with Crippen LogP contribution in [0.1, 0.15) is 63.6 Å². The molecule has 4 aromatic carbocycles. The Morgan fingerprint density at radius 3 is 2.14 bits per heavy atom. The minimum absolute atomic E-state index is 0.117. The van der Waals surface area contributed by atoms with E-state index in [4.69, 9.17) is 4.98 Å². The molecule has 0 fully saturated rings. The number of para-hydroxylation sites is 3. The van der Waals surface area contributed by atoms with E-state index in [0.29, 0.717) is 0 Å². The molecule has 0 bridgehead atoms. The summed E-state index contributed by atoms with van der Waals surface area (Å²) in [7, 11) is 2.17. The molecule has 0 radical (unpaired) electrons. The van der Waals surface area contributed by atoms with Gasteiger partial charge in [0.15, 0.2) is 0 Å². The quantitative estimate of drug-likeness (QED) is 0.162. The first-order valence-electron chi connectivity index (χ1n) is 16.3. The summed E-state index contributed by atoms with van der Waals surface area (Å²) in [6.07, 6.45) is 8.87. The van der Waals surface area contributed by atoms with E-state index in [0.717, 1.165) is 19.5 Å². The molecule has 0 N–H and O–H groups in total. The number of aromatic nitrogens is 2. The molecule has 0 aliphatic carbocycles. The SMILES string of the molecule is CCCCC(CCCC)(c1ccc2c3ccccc3n(-c3cccc(N4CN(C)c5ccccc54)c3)c2c1)c1ccccn1. The molecule has 0 saturated carbocycles. The van der Waals surface area contributed by atoms with Gasteiger partial charge in [-0.3, -0.25) is 4.98 Å². The molecule has 1 aliphatic heterocycles. The molecule has 0 unspecified atom stereocenters. The molecule has 0 saturated heterocycles. The van der Waals surface area contributed by atoms with Crippen LogP contribution in [0.2, 0.25) is 0 Å². The van der Waals surface area contributed by atoms with Crippen molar-refractivity contribution >= 4 is 38.9 Å². The molecule has 0 spiro atoms. The third-order valence-corrected chi connectivity index (χ3v) is 9.63. The van der Waals surface area contributed by atoms with Crippen LogP contribution < -0.4 is 9.80 Å². The van der Waals surface area contributed by atoms with Crippen LogP contribution in [0.15, 0.2) is 115 Å². The van der Waals surface area contributed by atoms with Crippen molar-refractivity contribution in [3.8, 4) is 5.69 Å². The fraction of sp³-hybridized carbons (Fsp3) is 0.275. The summed E-state index contributed by atoms with van der Waals surface area (Å²) < 4.78 is 2.48. The second kappa shape index (κ2) is 11.8. The van der Waals surface area contributed by atoms with Crippen LogP contribution >= 0.6 is 0 Å². The van der Waals surface area contributed by atoms with E-state index in [1.807, 2.05) is 12.3 Å². The van der Waals surface area contributed by atoms with Crippen molar-refractivity contribution in [2.45, 2.75) is 57.8 Å². The van der Waals surface area contributed by atoms with E-state index in [1.165, 1.54) is 81.5 Å². The molecule has 7 rings (SSSR count). The zero-order chi connectivity index (χ0) is 30.1. The van der Waals surface area contributed by atoms with E-state index in [-0.39, 0.29) is 5.41 Å². The number of unbranched alkanes of at least 4 members (excludes halogenated alkanes) is 2. The van der Waals surface area contributed by atoms with Crippen molar-refractivity contribution in [1.29, 1.82) is 0 Å². The predicted molar refractivity (Wildman–Crippen MR) is 187 cm³/mol. The molecule has 4 heteroatoms. The number of hydrogen-bond donors (Lipinski definition) is 0. The van der Waals surface area contributed by atoms with Gasteiger partial charge in [-0.05, 0) is 73.0 Å². The van der Waals surface area contributed by atoms with E-state index in [1.54, 1.807) is 0 Å². The molecule has 0 amide bonds. The van der Waals surface area contributed by atoms with Crippen LogP contribution in [0.25, 0.3) is 27.5 Å². The number of hydrogen-bond acceptors (Lipinski definition) is 3. The van der Waals surface area contributed by atoms with Crippen LogP contribution in [0.5, 0.6) is 0 Å². The average Bonchev–Trinajstić information content (AvgIpc) is 3.60. The summed E-state index contributed by atoms with van der Waals surface area (Å²) in [4.78, 5) is 9.74. The Kier molecular flexibility index (Phi) is 7.59. The summed E-state index contributed by atoms with van der Waals surface area (Å²) >= 11 is 0. The molecule has 222 valence electrons. The molecule has 3 heterocycles. The highest BCUT2D eigenvalue weighted by Crippen LogP contribution is 2.44. The Labute approximate surface area is 261 Å². The minimum atomic E-state index is -0.117. The van der Waals surface area contributed by atoms with Crippen molar-refractivity contribution in [2.75, 3.05) is 23.5 Å². The van der Waals surface area contributed by atoms with Crippen LogP contribution in [-0.4, -0.2) is 23.3 Å². The van der Waals surface area contributed by atoms with Crippen LogP contribution in [-0.2, 0) is 5.41 Å². The minimum Gasteiger partial charge on any atom is -0.355 e. The number of anilines is 3. The van der Waals surface area contributed by atoms with E-state index >= 15 is 0 Å². The molecule has 1 aliphatic rings. The summed E-state index contributed by atoms with van der Waals surface area (Å²) in [5.41, 5.74) is 9.86. The Morgan fingerprint density at radius 2 is 1.36 bits per heavy atom. The fourth-order valence-electron chi connectivity index (χ4n) is 7.37. The Bertz CT molecular complexity index is 1900. The Balaban J connectivity index is 1.43. The van der Waals surface area contributed by atoms with E-state index in [9.17, 15) is 0 Å². The highest BCUT2D eigenvalue weighted by atomic mass is 15.4. The number of nitrogens with zero attached hydrogens (tertiary/aromatic N) is 4. The van der Waals surface area contributed by atoms with Gasteiger partial charge in [-0.2, -0.15) is 0 Å². The van der Waals surface area contributed by atoms with Gasteiger partial charge in [-0.25, -0.2) is 0 Å². The van der Waals surface area contributed by atoms with Gasteiger partial charge >= 0.3 is 0 Å². The summed E-state index contributed by atoms with van der Waals surface area (Å²) in [6, 6.07) is 40.3. The van der Waals surface area contributed by atoms with Gasteiger partial charge < -0.3 is 14.4 Å². The number of fused-ring (bicyclic) bond motifs is 4. The van der Waals surface area contributed by atoms with Gasteiger partial charge in [-0.15, -0.1) is 0 Å². The molecule has 6 aromatic rings. The first-order chi connectivity index (χ1) is 21.6. The maximum atomic E-state index is 5.00. The lowest BCUT2D eigenvalue weighted by atomic mass is 9.70. The molecule has 0 atom stereocenters. The van der Waals surface area contributed by atoms with Crippen molar-refractivity contribution in [2.24, 2.45) is 0 Å². The standard InChI is InChI=1S/C40H42N4/c1-4-6-24-40(25-7-5-2,39-21-12-13-26-41-39)30-22-23-34-33-17-8-9-18-35(33)44(38(34)27-30)32-16-14-15-31(28-32)43-29-42(3)36-19-10-11-20-37(36)43/h8-23,26-28H,4-7,24-25,29H2,1-3H3. The first kappa shape index (κ1) is 28.2. The number of benzene rings is 4. The smallest absolute Gasteiger partial charge is 0.0950 e. The van der Waals surface area contributed by atoms with Gasteiger partial charge in [0.2, 0.25) is 0 Å². The summed E-state index contributed by atoms with van der Waals surface area (Å²) in [5.74, 6) is 0. The lowest BCUT2D eigenvalue weighted by Gasteiger charge is -2.34.